The zero-order chi connectivity index (χ0) is 43.3. The molecule has 2 aliphatic rings. The monoisotopic (exact) mass is 879 g/mol. The molecule has 3 atom stereocenters. The number of nitrogens with zero attached hydrogens (tertiary/aromatic N) is 7. The lowest BCUT2D eigenvalue weighted by molar-refractivity contribution is -0.142. The third-order valence-corrected chi connectivity index (χ3v) is 12.2. The standard InChI is InChI=1S/C38H36F7N9O4S2/c1-18-15-37(41,42)32-28(18)31(38(43,44)45)49-54(32)16-27(55)46-25(12-19-10-20(39)13-21(40)11-19)29-24(14-26-34(47-29)48-35(59-26)53-9-8-36(2,56)17-53)22-6-5-7-23-30(22)52(3)50-33(23)51-60(4,57)58/h5-7,10-11,13-14,18,25,56H,8-9,12,15-17H2,1-4H3,(H,46,55)(H,50,51)/t18-,25?,36?/m0/s1. The summed E-state index contributed by atoms with van der Waals surface area (Å²) in [5.41, 5.74) is -2.86. The van der Waals surface area contributed by atoms with Gasteiger partial charge in [0.05, 0.1) is 33.8 Å². The van der Waals surface area contributed by atoms with E-state index < -0.39 is 87.1 Å². The molecular formula is C38H36F7N9O4S2. The quantitative estimate of drug-likeness (QED) is 0.126. The number of fused-ring (bicyclic) bond motifs is 3. The molecule has 6 aromatic rings. The average molecular weight is 880 g/mol. The number of carbonyl (C=O) groups excluding carboxylic acids is 1. The number of para-hydroxylation sites is 1. The number of halogens is 7. The molecule has 318 valence electrons. The van der Waals surface area contributed by atoms with Gasteiger partial charge in [-0.2, -0.15) is 37.1 Å². The Morgan fingerprint density at radius 2 is 1.80 bits per heavy atom. The van der Waals surface area contributed by atoms with Gasteiger partial charge in [0.1, 0.15) is 23.9 Å². The molecule has 0 saturated carbocycles. The molecule has 0 spiro atoms. The third-order valence-electron chi connectivity index (χ3n) is 10.5. The summed E-state index contributed by atoms with van der Waals surface area (Å²) in [5, 5.41) is 22.1. The number of hydrogen-bond acceptors (Lipinski definition) is 10. The van der Waals surface area contributed by atoms with Crippen LogP contribution in [0.3, 0.4) is 0 Å². The van der Waals surface area contributed by atoms with Crippen molar-refractivity contribution in [3.8, 4) is 11.1 Å². The Balaban J connectivity index is 1.30. The molecule has 2 aromatic carbocycles. The van der Waals surface area contributed by atoms with Crippen molar-refractivity contribution >= 4 is 59.5 Å². The number of hydrogen-bond donors (Lipinski definition) is 3. The molecule has 8 rings (SSSR count). The van der Waals surface area contributed by atoms with Crippen LogP contribution in [0.25, 0.3) is 32.4 Å². The van der Waals surface area contributed by atoms with Gasteiger partial charge >= 0.3 is 6.18 Å². The lowest BCUT2D eigenvalue weighted by Crippen LogP contribution is -2.35. The second kappa shape index (κ2) is 14.4. The van der Waals surface area contributed by atoms with Crippen molar-refractivity contribution in [3.63, 3.8) is 0 Å². The van der Waals surface area contributed by atoms with Crippen LogP contribution in [-0.2, 0) is 46.9 Å². The maximum atomic E-state index is 15.3. The minimum absolute atomic E-state index is 0.00443. The molecule has 1 saturated heterocycles. The summed E-state index contributed by atoms with van der Waals surface area (Å²) in [4.78, 5) is 25.5. The molecule has 2 unspecified atom stereocenters. The van der Waals surface area contributed by atoms with Crippen molar-refractivity contribution in [2.75, 3.05) is 29.0 Å². The Labute approximate surface area is 341 Å². The maximum Gasteiger partial charge on any atom is 0.435 e. The first-order valence-electron chi connectivity index (χ1n) is 18.5. The summed E-state index contributed by atoms with van der Waals surface area (Å²) in [6.45, 7) is 2.58. The number of aromatic nitrogens is 6. The highest BCUT2D eigenvalue weighted by Crippen LogP contribution is 2.52. The van der Waals surface area contributed by atoms with E-state index in [1.165, 1.54) is 22.9 Å². The lowest BCUT2D eigenvalue weighted by Gasteiger charge is -2.23. The van der Waals surface area contributed by atoms with Crippen molar-refractivity contribution < 1.29 is 49.1 Å². The van der Waals surface area contributed by atoms with Crippen molar-refractivity contribution in [3.05, 3.63) is 82.3 Å². The lowest BCUT2D eigenvalue weighted by atomic mass is 9.94. The molecule has 60 heavy (non-hydrogen) atoms. The Hall–Kier alpha value is -5.35. The molecule has 22 heteroatoms. The number of benzene rings is 2. The minimum atomic E-state index is -5.10. The first-order chi connectivity index (χ1) is 28.0. The fourth-order valence-corrected chi connectivity index (χ4v) is 9.66. The van der Waals surface area contributed by atoms with Crippen LogP contribution in [0.15, 0.2) is 42.5 Å². The molecular weight excluding hydrogens is 844 g/mol. The number of alkyl halides is 5. The highest BCUT2D eigenvalue weighted by molar-refractivity contribution is 7.92. The molecule has 3 N–H and O–H groups in total. The van der Waals surface area contributed by atoms with E-state index in [1.807, 2.05) is 4.90 Å². The van der Waals surface area contributed by atoms with Crippen LogP contribution < -0.4 is 14.9 Å². The van der Waals surface area contributed by atoms with Crippen LogP contribution in [0, 0.1) is 11.6 Å². The highest BCUT2D eigenvalue weighted by atomic mass is 32.2. The number of thiazole rings is 1. The van der Waals surface area contributed by atoms with Crippen LogP contribution in [-0.4, -0.2) is 73.9 Å². The fourth-order valence-electron chi connectivity index (χ4n) is 8.19. The maximum absolute atomic E-state index is 15.3. The van der Waals surface area contributed by atoms with Crippen molar-refractivity contribution in [1.82, 2.24) is 34.8 Å². The van der Waals surface area contributed by atoms with Gasteiger partial charge in [0, 0.05) is 54.7 Å². The Morgan fingerprint density at radius 1 is 1.08 bits per heavy atom. The summed E-state index contributed by atoms with van der Waals surface area (Å²) in [5.74, 6) is -7.91. The van der Waals surface area contributed by atoms with Gasteiger partial charge in [-0.15, -0.1) is 0 Å². The Morgan fingerprint density at radius 3 is 2.45 bits per heavy atom. The predicted molar refractivity (Wildman–Crippen MR) is 208 cm³/mol. The number of nitrogens with one attached hydrogen (secondary N) is 2. The molecule has 13 nitrogen and oxygen atoms in total. The van der Waals surface area contributed by atoms with E-state index in [1.54, 1.807) is 38.2 Å². The summed E-state index contributed by atoms with van der Waals surface area (Å²) >= 11 is 1.25. The summed E-state index contributed by atoms with van der Waals surface area (Å²) < 4.78 is 131. The van der Waals surface area contributed by atoms with Gasteiger partial charge in [-0.1, -0.05) is 30.4 Å². The van der Waals surface area contributed by atoms with E-state index in [4.69, 9.17) is 9.97 Å². The first-order valence-corrected chi connectivity index (χ1v) is 21.2. The van der Waals surface area contributed by atoms with E-state index in [2.05, 4.69) is 20.2 Å². The summed E-state index contributed by atoms with van der Waals surface area (Å²) in [7, 11) is -2.22. The Kier molecular flexibility index (Phi) is 9.93. The van der Waals surface area contributed by atoms with Gasteiger partial charge in [0.15, 0.2) is 22.3 Å². The number of amides is 1. The topological polar surface area (TPSA) is 160 Å². The largest absolute Gasteiger partial charge is 0.435 e. The van der Waals surface area contributed by atoms with Crippen LogP contribution >= 0.6 is 11.3 Å². The van der Waals surface area contributed by atoms with Gasteiger partial charge in [-0.3, -0.25) is 18.9 Å². The fraction of sp³-hybridized carbons (Fsp3) is 0.395. The van der Waals surface area contributed by atoms with Crippen molar-refractivity contribution in [1.29, 1.82) is 0 Å². The number of pyridine rings is 1. The van der Waals surface area contributed by atoms with Gasteiger partial charge in [0.2, 0.25) is 15.9 Å². The number of aryl methyl sites for hydroxylation is 1. The minimum Gasteiger partial charge on any atom is -0.388 e. The molecule has 5 heterocycles. The second-order valence-corrected chi connectivity index (χ2v) is 18.4. The molecule has 0 bridgehead atoms. The van der Waals surface area contributed by atoms with E-state index in [9.17, 15) is 40.3 Å². The number of β-amino-alcohol motifs (C(OH)–C–C–N with tert-alkyl or cyclic N) is 1. The molecule has 4 aromatic heterocycles. The van der Waals surface area contributed by atoms with E-state index in [0.717, 1.165) is 18.4 Å². The number of rotatable bonds is 10. The van der Waals surface area contributed by atoms with E-state index >= 15 is 8.78 Å². The average Bonchev–Trinajstić information content (AvgIpc) is 3.92. The predicted octanol–water partition coefficient (Wildman–Crippen LogP) is 6.77. The van der Waals surface area contributed by atoms with Gasteiger partial charge in [-0.25, -0.2) is 22.2 Å². The first kappa shape index (κ1) is 41.4. The van der Waals surface area contributed by atoms with Crippen molar-refractivity contribution in [2.45, 2.75) is 69.3 Å². The summed E-state index contributed by atoms with van der Waals surface area (Å²) in [6.07, 6.45) is -4.96. The zero-order valence-electron chi connectivity index (χ0n) is 32.2. The normalized spacial score (nSPS) is 19.7. The second-order valence-electron chi connectivity index (χ2n) is 15.6. The summed E-state index contributed by atoms with van der Waals surface area (Å²) in [6, 6.07) is 7.96. The van der Waals surface area contributed by atoms with Crippen LogP contribution in [0.5, 0.6) is 0 Å². The molecule has 0 radical (unpaired) electrons. The van der Waals surface area contributed by atoms with E-state index in [0.29, 0.717) is 55.6 Å². The molecule has 1 fully saturated rings. The number of carbonyl (C=O) groups is 1. The van der Waals surface area contributed by atoms with Gasteiger partial charge < -0.3 is 15.3 Å². The van der Waals surface area contributed by atoms with E-state index in [-0.39, 0.29) is 35.7 Å². The highest BCUT2D eigenvalue weighted by Gasteiger charge is 2.53. The van der Waals surface area contributed by atoms with Crippen LogP contribution in [0.1, 0.15) is 66.9 Å². The third kappa shape index (κ3) is 7.86. The number of aliphatic hydroxyl groups is 1. The number of anilines is 2. The van der Waals surface area contributed by atoms with Gasteiger partial charge in [0.25, 0.3) is 5.92 Å². The van der Waals surface area contributed by atoms with Crippen LogP contribution in [0.4, 0.5) is 41.7 Å². The van der Waals surface area contributed by atoms with Gasteiger partial charge in [-0.05, 0) is 55.5 Å². The van der Waals surface area contributed by atoms with Crippen LogP contribution in [0.2, 0.25) is 0 Å². The zero-order valence-corrected chi connectivity index (χ0v) is 33.8. The SMILES string of the molecule is C[C@H]1CC(F)(F)c2c1c(C(F)(F)F)nn2CC(=O)NC(Cc1cc(F)cc(F)c1)c1nc2nc(N3CCC(C)(O)C3)sc2cc1-c1cccc2c(NS(C)(=O)=O)nn(C)c12. The smallest absolute Gasteiger partial charge is 0.388 e. The molecule has 1 amide bonds. The molecule has 1 aliphatic heterocycles. The van der Waals surface area contributed by atoms with Crippen molar-refractivity contribution in [2.24, 2.45) is 7.05 Å². The number of sulfonamides is 1. The molecule has 1 aliphatic carbocycles. The Bertz CT molecular complexity index is 2800.